The Morgan fingerprint density at radius 2 is 2.04 bits per heavy atom. The van der Waals surface area contributed by atoms with Gasteiger partial charge in [-0.15, -0.1) is 10.2 Å². The largest absolute Gasteiger partial charge is 0.367 e. The van der Waals surface area contributed by atoms with E-state index in [0.29, 0.717) is 11.6 Å². The molecule has 2 aromatic rings. The van der Waals surface area contributed by atoms with Crippen LogP contribution in [0.25, 0.3) is 0 Å². The van der Waals surface area contributed by atoms with Crippen molar-refractivity contribution in [3.05, 3.63) is 35.1 Å². The van der Waals surface area contributed by atoms with E-state index in [-0.39, 0.29) is 0 Å². The highest BCUT2D eigenvalue weighted by atomic mass is 35.5. The van der Waals surface area contributed by atoms with E-state index < -0.39 is 0 Å². The number of hydrogen-bond acceptors (Lipinski definition) is 5. The van der Waals surface area contributed by atoms with Crippen molar-refractivity contribution < 1.29 is 0 Å². The zero-order valence-corrected chi connectivity index (χ0v) is 15.5. The Labute approximate surface area is 152 Å². The Bertz CT molecular complexity index is 748. The van der Waals surface area contributed by atoms with Crippen LogP contribution in [0, 0.1) is 6.92 Å². The number of aryl methyl sites for hydroxylation is 1. The van der Waals surface area contributed by atoms with Gasteiger partial charge in [0.15, 0.2) is 11.8 Å². The van der Waals surface area contributed by atoms with Crippen molar-refractivity contribution in [1.82, 2.24) is 30.0 Å². The van der Waals surface area contributed by atoms with Crippen LogP contribution in [0.4, 0.5) is 5.69 Å². The van der Waals surface area contributed by atoms with Crippen LogP contribution in [0.2, 0.25) is 5.02 Å². The summed E-state index contributed by atoms with van der Waals surface area (Å²) in [7, 11) is 3.77. The number of halogens is 1. The summed E-state index contributed by atoms with van der Waals surface area (Å²) >= 11 is 6.25. The molecule has 0 atom stereocenters. The highest BCUT2D eigenvalue weighted by Gasteiger charge is 2.21. The predicted octanol–water partition coefficient (Wildman–Crippen LogP) is 1.07. The maximum Gasteiger partial charge on any atom is 0.194 e. The number of guanidine groups is 1. The summed E-state index contributed by atoms with van der Waals surface area (Å²) in [6.45, 7) is 6.04. The SMILES string of the molecule is CN=C(NCc1nnc(C)n1C)N1CCN(c2ccncc2Cl)CC1. The van der Waals surface area contributed by atoms with E-state index in [0.717, 1.165) is 49.5 Å². The highest BCUT2D eigenvalue weighted by Crippen LogP contribution is 2.25. The molecule has 0 bridgehead atoms. The van der Waals surface area contributed by atoms with Gasteiger partial charge in [0.2, 0.25) is 0 Å². The molecule has 0 radical (unpaired) electrons. The molecule has 1 N–H and O–H groups in total. The van der Waals surface area contributed by atoms with Crippen molar-refractivity contribution in [3.63, 3.8) is 0 Å². The lowest BCUT2D eigenvalue weighted by Crippen LogP contribution is -2.52. The molecule has 1 aliphatic heterocycles. The molecule has 0 aromatic carbocycles. The molecule has 9 heteroatoms. The van der Waals surface area contributed by atoms with Crippen LogP contribution in [0.1, 0.15) is 11.6 Å². The molecule has 0 saturated carbocycles. The number of nitrogens with zero attached hydrogens (tertiary/aromatic N) is 7. The third-order valence-electron chi connectivity index (χ3n) is 4.47. The summed E-state index contributed by atoms with van der Waals surface area (Å²) in [5.41, 5.74) is 1.04. The van der Waals surface area contributed by atoms with Gasteiger partial charge in [0, 0.05) is 52.7 Å². The quantitative estimate of drug-likeness (QED) is 0.650. The molecule has 8 nitrogen and oxygen atoms in total. The molecule has 1 fully saturated rings. The fourth-order valence-corrected chi connectivity index (χ4v) is 3.12. The lowest BCUT2D eigenvalue weighted by Gasteiger charge is -2.37. The van der Waals surface area contributed by atoms with E-state index in [4.69, 9.17) is 11.6 Å². The standard InChI is InChI=1S/C16H23ClN8/c1-12-21-22-15(23(12)3)11-20-16(18-2)25-8-6-24(7-9-25)14-4-5-19-10-13(14)17/h4-5,10H,6-9,11H2,1-3H3,(H,18,20). The predicted molar refractivity (Wildman–Crippen MR) is 99.0 cm³/mol. The summed E-state index contributed by atoms with van der Waals surface area (Å²) in [5.74, 6) is 2.66. The van der Waals surface area contributed by atoms with Gasteiger partial charge in [-0.25, -0.2) is 0 Å². The van der Waals surface area contributed by atoms with E-state index in [1.54, 1.807) is 19.4 Å². The second-order valence-electron chi connectivity index (χ2n) is 5.92. The summed E-state index contributed by atoms with van der Waals surface area (Å²) in [4.78, 5) is 13.0. The van der Waals surface area contributed by atoms with Gasteiger partial charge in [-0.1, -0.05) is 11.6 Å². The third-order valence-corrected chi connectivity index (χ3v) is 4.76. The number of pyridine rings is 1. The number of piperazine rings is 1. The molecule has 134 valence electrons. The third kappa shape index (κ3) is 3.84. The normalized spacial score (nSPS) is 15.6. The fourth-order valence-electron chi connectivity index (χ4n) is 2.88. The molecule has 0 spiro atoms. The van der Waals surface area contributed by atoms with Gasteiger partial charge in [0.05, 0.1) is 17.3 Å². The molecule has 0 unspecified atom stereocenters. The number of aromatic nitrogens is 4. The average Bonchev–Trinajstić information content (AvgIpc) is 2.95. The first-order chi connectivity index (χ1) is 12.1. The zero-order chi connectivity index (χ0) is 17.8. The van der Waals surface area contributed by atoms with Crippen molar-refractivity contribution in [3.8, 4) is 0 Å². The van der Waals surface area contributed by atoms with Crippen LogP contribution < -0.4 is 10.2 Å². The first-order valence-electron chi connectivity index (χ1n) is 8.25. The van der Waals surface area contributed by atoms with Crippen LogP contribution >= 0.6 is 11.6 Å². The van der Waals surface area contributed by atoms with Gasteiger partial charge < -0.3 is 19.7 Å². The zero-order valence-electron chi connectivity index (χ0n) is 14.8. The number of aliphatic imine (C=N–C) groups is 1. The first-order valence-corrected chi connectivity index (χ1v) is 8.63. The Morgan fingerprint density at radius 3 is 2.64 bits per heavy atom. The highest BCUT2D eigenvalue weighted by molar-refractivity contribution is 6.33. The lowest BCUT2D eigenvalue weighted by atomic mass is 10.2. The number of hydrogen-bond donors (Lipinski definition) is 1. The molecule has 1 aliphatic rings. The minimum absolute atomic E-state index is 0.598. The summed E-state index contributed by atoms with van der Waals surface area (Å²) in [6, 6.07) is 1.96. The van der Waals surface area contributed by atoms with Gasteiger partial charge in [-0.3, -0.25) is 9.98 Å². The monoisotopic (exact) mass is 362 g/mol. The Kier molecular flexibility index (Phi) is 5.37. The summed E-state index contributed by atoms with van der Waals surface area (Å²) in [5, 5.41) is 12.3. The Hall–Kier alpha value is -2.35. The summed E-state index contributed by atoms with van der Waals surface area (Å²) in [6.07, 6.45) is 3.46. The van der Waals surface area contributed by atoms with E-state index in [9.17, 15) is 0 Å². The smallest absolute Gasteiger partial charge is 0.194 e. The van der Waals surface area contributed by atoms with Crippen molar-refractivity contribution in [2.75, 3.05) is 38.1 Å². The first kappa shape index (κ1) is 17.5. The second kappa shape index (κ2) is 7.69. The topological polar surface area (TPSA) is 74.5 Å². The second-order valence-corrected chi connectivity index (χ2v) is 6.33. The Morgan fingerprint density at radius 1 is 1.28 bits per heavy atom. The molecular formula is C16H23ClN8. The van der Waals surface area contributed by atoms with E-state index in [1.165, 1.54) is 0 Å². The number of rotatable bonds is 3. The van der Waals surface area contributed by atoms with Crippen LogP contribution in [0.3, 0.4) is 0 Å². The average molecular weight is 363 g/mol. The Balaban J connectivity index is 1.57. The molecule has 1 saturated heterocycles. The number of nitrogens with one attached hydrogen (secondary N) is 1. The van der Waals surface area contributed by atoms with Crippen molar-refractivity contribution in [2.45, 2.75) is 13.5 Å². The van der Waals surface area contributed by atoms with Gasteiger partial charge in [0.25, 0.3) is 0 Å². The van der Waals surface area contributed by atoms with E-state index >= 15 is 0 Å². The molecule has 25 heavy (non-hydrogen) atoms. The molecular weight excluding hydrogens is 340 g/mol. The van der Waals surface area contributed by atoms with E-state index in [1.807, 2.05) is 24.6 Å². The molecule has 2 aromatic heterocycles. The number of anilines is 1. The van der Waals surface area contributed by atoms with E-state index in [2.05, 4.69) is 35.3 Å². The van der Waals surface area contributed by atoms with Crippen LogP contribution in [-0.4, -0.2) is 63.8 Å². The van der Waals surface area contributed by atoms with Gasteiger partial charge in [-0.05, 0) is 13.0 Å². The molecule has 3 rings (SSSR count). The maximum absolute atomic E-state index is 6.25. The molecule has 0 amide bonds. The van der Waals surface area contributed by atoms with Gasteiger partial charge in [0.1, 0.15) is 5.82 Å². The lowest BCUT2D eigenvalue weighted by molar-refractivity contribution is 0.371. The van der Waals surface area contributed by atoms with Crippen LogP contribution in [0.15, 0.2) is 23.5 Å². The molecule has 3 heterocycles. The molecule has 0 aliphatic carbocycles. The minimum atomic E-state index is 0.598. The van der Waals surface area contributed by atoms with Crippen LogP contribution in [0.5, 0.6) is 0 Å². The fraction of sp³-hybridized carbons (Fsp3) is 0.500. The van der Waals surface area contributed by atoms with Crippen molar-refractivity contribution >= 4 is 23.2 Å². The minimum Gasteiger partial charge on any atom is -0.367 e. The maximum atomic E-state index is 6.25. The van der Waals surface area contributed by atoms with Crippen molar-refractivity contribution in [1.29, 1.82) is 0 Å². The van der Waals surface area contributed by atoms with Crippen LogP contribution in [-0.2, 0) is 13.6 Å². The van der Waals surface area contributed by atoms with Gasteiger partial charge in [-0.2, -0.15) is 0 Å². The van der Waals surface area contributed by atoms with Crippen molar-refractivity contribution in [2.24, 2.45) is 12.0 Å². The van der Waals surface area contributed by atoms with Gasteiger partial charge >= 0.3 is 0 Å². The summed E-state index contributed by atoms with van der Waals surface area (Å²) < 4.78 is 1.98.